The number of ether oxygens (including phenoxy) is 1. The van der Waals surface area contributed by atoms with Gasteiger partial charge in [0.25, 0.3) is 8.05 Å². The molecule has 0 spiro atoms. The molecule has 0 heterocycles. The van der Waals surface area contributed by atoms with Crippen LogP contribution in [0.3, 0.4) is 0 Å². The molecule has 1 aromatic rings. The fourth-order valence-electron chi connectivity index (χ4n) is 1.16. The Kier molecular flexibility index (Phi) is 5.67. The van der Waals surface area contributed by atoms with E-state index >= 15 is 0 Å². The Morgan fingerprint density at radius 1 is 1.38 bits per heavy atom. The van der Waals surface area contributed by atoms with Crippen molar-refractivity contribution in [3.05, 3.63) is 28.8 Å². The fraction of sp³-hybridized carbons (Fsp3) is 0.300. The first-order chi connectivity index (χ1) is 7.63. The van der Waals surface area contributed by atoms with Crippen molar-refractivity contribution in [2.75, 3.05) is 13.2 Å². The van der Waals surface area contributed by atoms with Gasteiger partial charge in [0.2, 0.25) is 5.24 Å². The molecule has 0 bridgehead atoms. The summed E-state index contributed by atoms with van der Waals surface area (Å²) < 4.78 is 9.72. The van der Waals surface area contributed by atoms with Gasteiger partial charge in [0.05, 0.1) is 13.0 Å². The number of rotatable bonds is 6. The van der Waals surface area contributed by atoms with Crippen molar-refractivity contribution < 1.29 is 14.2 Å². The van der Waals surface area contributed by atoms with Gasteiger partial charge in [-0.1, -0.05) is 17.7 Å². The number of halogens is 2. The third kappa shape index (κ3) is 4.43. The van der Waals surface area contributed by atoms with Gasteiger partial charge in [-0.25, -0.2) is 0 Å². The Morgan fingerprint density at radius 2 is 2.12 bits per heavy atom. The molecule has 3 nitrogen and oxygen atoms in total. The Bertz CT molecular complexity index is 371. The molecule has 1 aromatic carbocycles. The van der Waals surface area contributed by atoms with E-state index in [9.17, 15) is 4.79 Å². The van der Waals surface area contributed by atoms with Gasteiger partial charge >= 0.3 is 0 Å². The Balaban J connectivity index is 2.76. The molecule has 16 heavy (non-hydrogen) atoms. The molecule has 2 radical (unpaired) electrons. The Labute approximate surface area is 105 Å². The van der Waals surface area contributed by atoms with Gasteiger partial charge in [0, 0.05) is 10.6 Å². The molecular formula is C10H9BCl2O3. The molecule has 0 aliphatic carbocycles. The lowest BCUT2D eigenvalue weighted by atomic mass is 10.1. The smallest absolute Gasteiger partial charge is 0.282 e. The maximum atomic E-state index is 10.8. The van der Waals surface area contributed by atoms with Crippen LogP contribution in [0.1, 0.15) is 5.56 Å². The van der Waals surface area contributed by atoms with E-state index in [2.05, 4.69) is 4.65 Å². The highest BCUT2D eigenvalue weighted by atomic mass is 35.5. The largest absolute Gasteiger partial charge is 0.491 e. The van der Waals surface area contributed by atoms with Crippen LogP contribution in [-0.2, 0) is 15.9 Å². The molecule has 0 N–H and O–H groups in total. The van der Waals surface area contributed by atoms with E-state index in [4.69, 9.17) is 36.0 Å². The van der Waals surface area contributed by atoms with Gasteiger partial charge in [0.1, 0.15) is 12.4 Å². The summed E-state index contributed by atoms with van der Waals surface area (Å²) in [6.07, 6.45) is 0.0948. The first-order valence-corrected chi connectivity index (χ1v) is 5.30. The van der Waals surface area contributed by atoms with Gasteiger partial charge < -0.3 is 9.39 Å². The van der Waals surface area contributed by atoms with Crippen LogP contribution in [0.4, 0.5) is 0 Å². The summed E-state index contributed by atoms with van der Waals surface area (Å²) in [6, 6.07) is 4.98. The first-order valence-electron chi connectivity index (χ1n) is 4.54. The lowest BCUT2D eigenvalue weighted by molar-refractivity contribution is -0.111. The van der Waals surface area contributed by atoms with Gasteiger partial charge in [-0.15, -0.1) is 0 Å². The average Bonchev–Trinajstić information content (AvgIpc) is 2.22. The summed E-state index contributed by atoms with van der Waals surface area (Å²) in [5.41, 5.74) is 0.682. The SMILES string of the molecule is [B]OCCOc1cc(Cl)ccc1CC(=O)Cl. The fourth-order valence-corrected chi connectivity index (χ4v) is 1.46. The van der Waals surface area contributed by atoms with Crippen LogP contribution < -0.4 is 4.74 Å². The van der Waals surface area contributed by atoms with Crippen molar-refractivity contribution in [2.24, 2.45) is 0 Å². The van der Waals surface area contributed by atoms with E-state index in [1.54, 1.807) is 18.2 Å². The van der Waals surface area contributed by atoms with E-state index in [0.29, 0.717) is 16.3 Å². The molecule has 0 fully saturated rings. The zero-order chi connectivity index (χ0) is 12.0. The number of hydrogen-bond acceptors (Lipinski definition) is 3. The molecule has 0 atom stereocenters. The zero-order valence-corrected chi connectivity index (χ0v) is 9.92. The van der Waals surface area contributed by atoms with E-state index in [-0.39, 0.29) is 19.6 Å². The van der Waals surface area contributed by atoms with Gasteiger partial charge in [-0.3, -0.25) is 4.79 Å². The first kappa shape index (κ1) is 13.4. The molecule has 84 valence electrons. The van der Waals surface area contributed by atoms with Crippen molar-refractivity contribution in [1.29, 1.82) is 0 Å². The van der Waals surface area contributed by atoms with Crippen LogP contribution in [-0.4, -0.2) is 26.5 Å². The van der Waals surface area contributed by atoms with Crippen LogP contribution >= 0.6 is 23.2 Å². The summed E-state index contributed by atoms with van der Waals surface area (Å²) in [6.45, 7) is 0.529. The van der Waals surface area contributed by atoms with E-state index < -0.39 is 5.24 Å². The van der Waals surface area contributed by atoms with Crippen molar-refractivity contribution in [3.8, 4) is 5.75 Å². The summed E-state index contributed by atoms with van der Waals surface area (Å²) >= 11 is 11.1. The topological polar surface area (TPSA) is 35.5 Å². The molecule has 0 saturated heterocycles. The van der Waals surface area contributed by atoms with Crippen molar-refractivity contribution in [1.82, 2.24) is 0 Å². The van der Waals surface area contributed by atoms with Crippen LogP contribution in [0.15, 0.2) is 18.2 Å². The van der Waals surface area contributed by atoms with E-state index in [1.165, 1.54) is 0 Å². The van der Waals surface area contributed by atoms with Gasteiger partial charge in [-0.2, -0.15) is 0 Å². The quantitative estimate of drug-likeness (QED) is 0.446. The van der Waals surface area contributed by atoms with Crippen molar-refractivity contribution in [3.63, 3.8) is 0 Å². The number of benzene rings is 1. The molecule has 6 heteroatoms. The monoisotopic (exact) mass is 258 g/mol. The third-order valence-corrected chi connectivity index (χ3v) is 2.19. The van der Waals surface area contributed by atoms with Crippen LogP contribution in [0, 0.1) is 0 Å². The maximum Gasteiger partial charge on any atom is 0.282 e. The second-order valence-corrected chi connectivity index (χ2v) is 3.86. The lowest BCUT2D eigenvalue weighted by Crippen LogP contribution is -2.07. The molecular weight excluding hydrogens is 250 g/mol. The highest BCUT2D eigenvalue weighted by Crippen LogP contribution is 2.24. The number of carbonyl (C=O) groups is 1. The van der Waals surface area contributed by atoms with Crippen LogP contribution in [0.25, 0.3) is 0 Å². The maximum absolute atomic E-state index is 10.8. The highest BCUT2D eigenvalue weighted by Gasteiger charge is 2.08. The summed E-state index contributed by atoms with van der Waals surface area (Å²) in [5.74, 6) is 0.513. The van der Waals surface area contributed by atoms with Crippen molar-refractivity contribution in [2.45, 2.75) is 6.42 Å². The molecule has 0 aliphatic rings. The molecule has 0 aromatic heterocycles. The molecule has 0 unspecified atom stereocenters. The predicted octanol–water partition coefficient (Wildman–Crippen LogP) is 2.13. The highest BCUT2D eigenvalue weighted by molar-refractivity contribution is 6.63. The van der Waals surface area contributed by atoms with E-state index in [1.807, 2.05) is 0 Å². The zero-order valence-electron chi connectivity index (χ0n) is 8.41. The predicted molar refractivity (Wildman–Crippen MR) is 63.2 cm³/mol. The average molecular weight is 259 g/mol. The molecule has 0 aliphatic heterocycles. The standard InChI is InChI=1S/C10H9BCl2O3/c11-16-4-3-15-9-6-8(12)2-1-7(9)5-10(13)14/h1-2,6H,3-5H2. The lowest BCUT2D eigenvalue weighted by Gasteiger charge is -2.10. The van der Waals surface area contributed by atoms with E-state index in [0.717, 1.165) is 0 Å². The minimum Gasteiger partial charge on any atom is -0.491 e. The second kappa shape index (κ2) is 6.79. The summed E-state index contributed by atoms with van der Waals surface area (Å²) in [7, 11) is 4.86. The van der Waals surface area contributed by atoms with Crippen molar-refractivity contribution >= 4 is 36.5 Å². The number of carbonyl (C=O) groups excluding carboxylic acids is 1. The van der Waals surface area contributed by atoms with Crippen LogP contribution in [0.5, 0.6) is 5.75 Å². The van der Waals surface area contributed by atoms with Crippen LogP contribution in [0.2, 0.25) is 5.02 Å². The minimum absolute atomic E-state index is 0.0948. The summed E-state index contributed by atoms with van der Waals surface area (Å²) in [5, 5.41) is 0.0664. The molecule has 0 saturated carbocycles. The second-order valence-electron chi connectivity index (χ2n) is 3.00. The van der Waals surface area contributed by atoms with Gasteiger partial charge in [-0.05, 0) is 23.7 Å². The third-order valence-electron chi connectivity index (χ3n) is 1.82. The summed E-state index contributed by atoms with van der Waals surface area (Å²) in [4.78, 5) is 10.8. The molecule has 1 rings (SSSR count). The van der Waals surface area contributed by atoms with Gasteiger partial charge in [0.15, 0.2) is 0 Å². The molecule has 0 amide bonds. The number of hydrogen-bond donors (Lipinski definition) is 0. The Hall–Kier alpha value is -0.705. The normalized spacial score (nSPS) is 10.1. The Morgan fingerprint density at radius 3 is 2.75 bits per heavy atom. The minimum atomic E-state index is -0.456.